The number of hydrogen-bond donors (Lipinski definition) is 0. The van der Waals surface area contributed by atoms with Crippen molar-refractivity contribution >= 4 is 27.1 Å². The average Bonchev–Trinajstić information content (AvgIpc) is 3.35. The summed E-state index contributed by atoms with van der Waals surface area (Å²) in [4.78, 5) is 17.7. The maximum absolute atomic E-state index is 13.1. The highest BCUT2D eigenvalue weighted by atomic mass is 32.2. The van der Waals surface area contributed by atoms with Crippen LogP contribution < -0.4 is 0 Å². The number of ketones is 1. The van der Waals surface area contributed by atoms with E-state index in [1.807, 2.05) is 23.6 Å². The van der Waals surface area contributed by atoms with Crippen LogP contribution in [0, 0.1) is 0 Å². The number of nitrogens with zero attached hydrogens (tertiary/aromatic N) is 2. The Labute approximate surface area is 200 Å². The van der Waals surface area contributed by atoms with E-state index in [-0.39, 0.29) is 17.5 Å². The number of rotatable bonds is 8. The molecule has 1 fully saturated rings. The molecule has 1 saturated heterocycles. The summed E-state index contributed by atoms with van der Waals surface area (Å²) in [5, 5.41) is 2.79. The van der Waals surface area contributed by atoms with E-state index in [1.54, 1.807) is 11.2 Å². The average molecular weight is 483 g/mol. The van der Waals surface area contributed by atoms with Crippen LogP contribution in [0.15, 0.2) is 53.9 Å². The van der Waals surface area contributed by atoms with Crippen molar-refractivity contribution in [2.45, 2.75) is 45.4 Å². The third-order valence-corrected chi connectivity index (χ3v) is 9.30. The highest BCUT2D eigenvalue weighted by Crippen LogP contribution is 2.32. The molecular formula is C26H30N2O3S2. The summed E-state index contributed by atoms with van der Waals surface area (Å²) >= 11 is 1.51. The number of aromatic nitrogens is 1. The maximum atomic E-state index is 13.1. The van der Waals surface area contributed by atoms with Crippen LogP contribution in [0.25, 0.3) is 11.1 Å². The molecule has 0 N–H and O–H groups in total. The number of hydrogen-bond acceptors (Lipinski definition) is 5. The highest BCUT2D eigenvalue weighted by Gasteiger charge is 2.29. The third-order valence-electron chi connectivity index (χ3n) is 6.41. The van der Waals surface area contributed by atoms with Crippen molar-refractivity contribution in [2.75, 3.05) is 18.8 Å². The topological polar surface area (TPSA) is 67.3 Å². The molecule has 2 heterocycles. The molecule has 1 aliphatic heterocycles. The van der Waals surface area contributed by atoms with Crippen molar-refractivity contribution in [2.24, 2.45) is 0 Å². The zero-order chi connectivity index (χ0) is 23.4. The first-order valence-electron chi connectivity index (χ1n) is 11.5. The van der Waals surface area contributed by atoms with Gasteiger partial charge in [-0.15, -0.1) is 11.3 Å². The molecule has 2 aromatic carbocycles. The van der Waals surface area contributed by atoms with Crippen molar-refractivity contribution < 1.29 is 13.2 Å². The Bertz CT molecular complexity index is 1210. The molecule has 0 spiro atoms. The number of Topliss-reactive ketones (excluding diaryl/α,β-unsaturated/α-hetero) is 1. The van der Waals surface area contributed by atoms with Gasteiger partial charge in [0, 0.05) is 30.8 Å². The molecule has 5 nitrogen and oxygen atoms in total. The Morgan fingerprint density at radius 1 is 1.06 bits per heavy atom. The smallest absolute Gasteiger partial charge is 0.213 e. The molecule has 0 unspecified atom stereocenters. The predicted molar refractivity (Wildman–Crippen MR) is 134 cm³/mol. The number of thiazole rings is 1. The van der Waals surface area contributed by atoms with E-state index in [0.717, 1.165) is 41.0 Å². The maximum Gasteiger partial charge on any atom is 0.213 e. The van der Waals surface area contributed by atoms with Gasteiger partial charge < -0.3 is 0 Å². The molecule has 7 heteroatoms. The van der Waals surface area contributed by atoms with E-state index in [9.17, 15) is 13.2 Å². The lowest BCUT2D eigenvalue weighted by molar-refractivity contribution is 0.0988. The summed E-state index contributed by atoms with van der Waals surface area (Å²) in [6.45, 7) is 4.86. The van der Waals surface area contributed by atoms with Gasteiger partial charge in [0.15, 0.2) is 5.78 Å². The summed E-state index contributed by atoms with van der Waals surface area (Å²) in [6, 6.07) is 16.6. The molecule has 4 rings (SSSR count). The number of piperidine rings is 1. The second kappa shape index (κ2) is 10.3. The SMILES string of the molecule is CCc1ccc(-c2ccccc2CC(=O)c2csc(C3CCN(S(=O)(=O)CC)CC3)n2)cc1. The Kier molecular flexibility index (Phi) is 7.41. The highest BCUT2D eigenvalue weighted by molar-refractivity contribution is 7.89. The standard InChI is InChI=1S/C26H30N2O3S2/c1-3-19-9-11-20(12-10-19)23-8-6-5-7-22(23)17-25(29)24-18-32-26(27-24)21-13-15-28(16-14-21)33(30,31)4-2/h5-12,18,21H,3-4,13-17H2,1-2H3. The van der Waals surface area contributed by atoms with Crippen molar-refractivity contribution in [3.8, 4) is 11.1 Å². The summed E-state index contributed by atoms with van der Waals surface area (Å²) < 4.78 is 25.8. The summed E-state index contributed by atoms with van der Waals surface area (Å²) in [5.74, 6) is 0.364. The van der Waals surface area contributed by atoms with Crippen LogP contribution in [-0.4, -0.2) is 42.3 Å². The monoisotopic (exact) mass is 482 g/mol. The number of benzene rings is 2. The van der Waals surface area contributed by atoms with Crippen LogP contribution in [0.5, 0.6) is 0 Å². The van der Waals surface area contributed by atoms with E-state index in [2.05, 4.69) is 42.2 Å². The fourth-order valence-corrected chi connectivity index (χ4v) is 6.43. The van der Waals surface area contributed by atoms with Gasteiger partial charge in [0.25, 0.3) is 0 Å². The van der Waals surface area contributed by atoms with Gasteiger partial charge in [-0.05, 0) is 48.4 Å². The molecular weight excluding hydrogens is 452 g/mol. The Balaban J connectivity index is 1.45. The number of carbonyl (C=O) groups is 1. The molecule has 0 saturated carbocycles. The molecule has 0 bridgehead atoms. The molecule has 33 heavy (non-hydrogen) atoms. The van der Waals surface area contributed by atoms with Gasteiger partial charge in [-0.25, -0.2) is 17.7 Å². The Morgan fingerprint density at radius 2 is 1.76 bits per heavy atom. The van der Waals surface area contributed by atoms with Gasteiger partial charge in [0.1, 0.15) is 5.69 Å². The van der Waals surface area contributed by atoms with Crippen LogP contribution in [0.3, 0.4) is 0 Å². The summed E-state index contributed by atoms with van der Waals surface area (Å²) in [7, 11) is -3.14. The minimum Gasteiger partial charge on any atom is -0.292 e. The first kappa shape index (κ1) is 23.8. The minimum absolute atomic E-state index is 0.0149. The Hall–Kier alpha value is -2.35. The zero-order valence-electron chi connectivity index (χ0n) is 19.2. The van der Waals surface area contributed by atoms with Crippen LogP contribution >= 0.6 is 11.3 Å². The van der Waals surface area contributed by atoms with Gasteiger partial charge in [-0.2, -0.15) is 0 Å². The largest absolute Gasteiger partial charge is 0.292 e. The molecule has 1 aliphatic rings. The van der Waals surface area contributed by atoms with Crippen molar-refractivity contribution in [3.05, 3.63) is 75.7 Å². The second-order valence-corrected chi connectivity index (χ2v) is 11.6. The molecule has 0 aliphatic carbocycles. The van der Waals surface area contributed by atoms with Gasteiger partial charge >= 0.3 is 0 Å². The number of carbonyl (C=O) groups excluding carboxylic acids is 1. The Morgan fingerprint density at radius 3 is 2.42 bits per heavy atom. The lowest BCUT2D eigenvalue weighted by Gasteiger charge is -2.29. The predicted octanol–water partition coefficient (Wildman–Crippen LogP) is 5.33. The van der Waals surface area contributed by atoms with Gasteiger partial charge in [-0.1, -0.05) is 55.5 Å². The third kappa shape index (κ3) is 5.42. The summed E-state index contributed by atoms with van der Waals surface area (Å²) in [6.07, 6.45) is 2.80. The van der Waals surface area contributed by atoms with Crippen molar-refractivity contribution in [1.29, 1.82) is 0 Å². The van der Waals surface area contributed by atoms with Crippen LogP contribution in [0.4, 0.5) is 0 Å². The van der Waals surface area contributed by atoms with Crippen LogP contribution in [0.1, 0.15) is 59.2 Å². The van der Waals surface area contributed by atoms with E-state index in [1.165, 1.54) is 16.9 Å². The zero-order valence-corrected chi connectivity index (χ0v) is 20.8. The van der Waals surface area contributed by atoms with Crippen LogP contribution in [0.2, 0.25) is 0 Å². The van der Waals surface area contributed by atoms with E-state index in [0.29, 0.717) is 25.2 Å². The fraction of sp³-hybridized carbons (Fsp3) is 0.385. The van der Waals surface area contributed by atoms with E-state index < -0.39 is 10.0 Å². The van der Waals surface area contributed by atoms with Crippen molar-refractivity contribution in [1.82, 2.24) is 9.29 Å². The molecule has 0 atom stereocenters. The molecule has 0 amide bonds. The van der Waals surface area contributed by atoms with Crippen LogP contribution in [-0.2, 0) is 22.9 Å². The van der Waals surface area contributed by atoms with E-state index in [4.69, 9.17) is 0 Å². The quantitative estimate of drug-likeness (QED) is 0.407. The second-order valence-electron chi connectivity index (χ2n) is 8.45. The van der Waals surface area contributed by atoms with E-state index >= 15 is 0 Å². The normalized spacial score (nSPS) is 15.6. The summed E-state index contributed by atoms with van der Waals surface area (Å²) in [5.41, 5.74) is 4.99. The van der Waals surface area contributed by atoms with Gasteiger partial charge in [-0.3, -0.25) is 4.79 Å². The first-order valence-corrected chi connectivity index (χ1v) is 14.0. The first-order chi connectivity index (χ1) is 15.9. The van der Waals surface area contributed by atoms with Crippen molar-refractivity contribution in [3.63, 3.8) is 0 Å². The minimum atomic E-state index is -3.14. The fourth-order valence-electron chi connectivity index (χ4n) is 4.31. The van der Waals surface area contributed by atoms with Gasteiger partial charge in [0.05, 0.1) is 10.8 Å². The molecule has 3 aromatic rings. The lowest BCUT2D eigenvalue weighted by atomic mass is 9.95. The molecule has 174 valence electrons. The molecule has 1 aromatic heterocycles. The number of aryl methyl sites for hydroxylation is 1. The number of sulfonamides is 1. The lowest BCUT2D eigenvalue weighted by Crippen LogP contribution is -2.38. The van der Waals surface area contributed by atoms with Gasteiger partial charge in [0.2, 0.25) is 10.0 Å². The molecule has 0 radical (unpaired) electrons.